The highest BCUT2D eigenvalue weighted by atomic mass is 32.2. The number of hydrogen-bond donors (Lipinski definition) is 2. The van der Waals surface area contributed by atoms with Gasteiger partial charge in [-0.1, -0.05) is 6.92 Å². The van der Waals surface area contributed by atoms with Crippen LogP contribution in [-0.2, 0) is 27.1 Å². The average molecular weight is 530 g/mol. The Labute approximate surface area is 205 Å². The Balaban J connectivity index is 2.01. The molecule has 0 aliphatic carbocycles. The van der Waals surface area contributed by atoms with Gasteiger partial charge in [-0.2, -0.15) is 8.42 Å². The Morgan fingerprint density at radius 2 is 2.00 bits per heavy atom. The molecule has 0 radical (unpaired) electrons. The Hall–Kier alpha value is -2.68. The Bertz CT molecular complexity index is 1290. The predicted octanol–water partition coefficient (Wildman–Crippen LogP) is 0.332. The summed E-state index contributed by atoms with van der Waals surface area (Å²) in [6, 6.07) is 3.76. The molecule has 3 atom stereocenters. The number of nitrogens with zero attached hydrogens (tertiary/aromatic N) is 4. The molecular weight excluding hydrogens is 498 g/mol. The second-order valence-corrected chi connectivity index (χ2v) is 12.6. The summed E-state index contributed by atoms with van der Waals surface area (Å²) < 4.78 is 60.6. The molecule has 2 aromatic rings. The molecule has 0 spiro atoms. The van der Waals surface area contributed by atoms with Crippen LogP contribution in [-0.4, -0.2) is 91.8 Å². The van der Waals surface area contributed by atoms with Gasteiger partial charge in [0.25, 0.3) is 15.9 Å². The fourth-order valence-electron chi connectivity index (χ4n) is 3.63. The zero-order valence-electron chi connectivity index (χ0n) is 20.2. The van der Waals surface area contributed by atoms with Gasteiger partial charge >= 0.3 is 0 Å². The van der Waals surface area contributed by atoms with E-state index in [-0.39, 0.29) is 47.6 Å². The number of amides is 1. The summed E-state index contributed by atoms with van der Waals surface area (Å²) in [6.07, 6.45) is 3.19. The summed E-state index contributed by atoms with van der Waals surface area (Å²) in [5.74, 6) is -0.529. The molecule has 35 heavy (non-hydrogen) atoms. The lowest BCUT2D eigenvalue weighted by Gasteiger charge is -2.38. The van der Waals surface area contributed by atoms with Crippen LogP contribution < -0.4 is 9.46 Å². The third-order valence-corrected chi connectivity index (χ3v) is 8.42. The van der Waals surface area contributed by atoms with Crippen molar-refractivity contribution < 1.29 is 31.5 Å². The molecule has 1 amide bonds. The number of carbonyl (C=O) groups is 1. The van der Waals surface area contributed by atoms with Crippen LogP contribution in [0.1, 0.15) is 24.2 Å². The Morgan fingerprint density at radius 3 is 2.57 bits per heavy atom. The van der Waals surface area contributed by atoms with Crippen molar-refractivity contribution in [1.82, 2.24) is 18.8 Å². The van der Waals surface area contributed by atoms with Gasteiger partial charge in [0.2, 0.25) is 10.0 Å². The molecule has 1 aromatic heterocycles. The number of likely N-dealkylation sites (N-methyl/N-ethyl adjacent to an activating group) is 1. The first-order chi connectivity index (χ1) is 16.2. The molecule has 1 aliphatic rings. The number of anilines is 1. The number of imidazole rings is 1. The van der Waals surface area contributed by atoms with E-state index in [0.29, 0.717) is 0 Å². The maximum absolute atomic E-state index is 13.5. The lowest BCUT2D eigenvalue weighted by atomic mass is 9.99. The quantitative estimate of drug-likeness (QED) is 0.497. The van der Waals surface area contributed by atoms with Crippen LogP contribution >= 0.6 is 0 Å². The summed E-state index contributed by atoms with van der Waals surface area (Å²) >= 11 is 0. The summed E-state index contributed by atoms with van der Waals surface area (Å²) in [6.45, 7) is 3.49. The maximum Gasteiger partial charge on any atom is 0.280 e. The molecule has 0 unspecified atom stereocenters. The summed E-state index contributed by atoms with van der Waals surface area (Å²) in [5.41, 5.74) is 0.215. The van der Waals surface area contributed by atoms with Crippen LogP contribution in [0.2, 0.25) is 0 Å². The highest BCUT2D eigenvalue weighted by molar-refractivity contribution is 7.92. The van der Waals surface area contributed by atoms with E-state index < -0.39 is 38.1 Å². The molecule has 194 valence electrons. The van der Waals surface area contributed by atoms with Gasteiger partial charge in [-0.3, -0.25) is 9.52 Å². The topological polar surface area (TPSA) is 151 Å². The van der Waals surface area contributed by atoms with Crippen molar-refractivity contribution in [2.24, 2.45) is 13.0 Å². The molecular formula is C21H31N5O7S2. The van der Waals surface area contributed by atoms with E-state index in [4.69, 9.17) is 4.74 Å². The standard InChI is InChI=1S/C21H31N5O7S2/c1-14-9-26(15(2)12-27)21(28)17-8-16(23-35(31,32)20-11-24(3)13-22-20)6-7-18(17)33-19(14)10-25(4)34(5,29)30/h6-8,11,13-15,19,23,27H,9-10,12H2,1-5H3/t14-,15+,19+/m0/s1. The van der Waals surface area contributed by atoms with Crippen LogP contribution in [0.5, 0.6) is 5.75 Å². The first kappa shape index (κ1) is 26.9. The SMILES string of the molecule is C[C@H](CO)N1C[C@H](C)[C@@H](CN(C)S(C)(=O)=O)Oc2ccc(NS(=O)(=O)c3cn(C)cn3)cc2C1=O. The van der Waals surface area contributed by atoms with Crippen molar-refractivity contribution in [1.29, 1.82) is 0 Å². The van der Waals surface area contributed by atoms with Crippen LogP contribution in [0.15, 0.2) is 35.7 Å². The zero-order chi connectivity index (χ0) is 26.1. The average Bonchev–Trinajstić information content (AvgIpc) is 3.22. The van der Waals surface area contributed by atoms with Crippen molar-refractivity contribution >= 4 is 31.6 Å². The van der Waals surface area contributed by atoms with Gasteiger partial charge in [-0.15, -0.1) is 0 Å². The number of nitrogens with one attached hydrogen (secondary N) is 1. The largest absolute Gasteiger partial charge is 0.488 e. The Kier molecular flexibility index (Phi) is 7.79. The van der Waals surface area contributed by atoms with Crippen molar-refractivity contribution in [2.45, 2.75) is 31.0 Å². The van der Waals surface area contributed by atoms with Crippen LogP contribution in [0.3, 0.4) is 0 Å². The van der Waals surface area contributed by atoms with Gasteiger partial charge in [0.05, 0.1) is 37.3 Å². The van der Waals surface area contributed by atoms with E-state index in [1.807, 2.05) is 6.92 Å². The normalized spacial score (nSPS) is 20.1. The molecule has 12 nitrogen and oxygen atoms in total. The molecule has 3 rings (SSSR count). The summed E-state index contributed by atoms with van der Waals surface area (Å²) in [5, 5.41) is 9.56. The van der Waals surface area contributed by atoms with Gasteiger partial charge in [0, 0.05) is 38.4 Å². The van der Waals surface area contributed by atoms with E-state index in [9.17, 15) is 26.7 Å². The second kappa shape index (κ2) is 10.1. The van der Waals surface area contributed by atoms with Gasteiger partial charge < -0.3 is 19.3 Å². The highest BCUT2D eigenvalue weighted by Crippen LogP contribution is 2.31. The van der Waals surface area contributed by atoms with E-state index >= 15 is 0 Å². The maximum atomic E-state index is 13.5. The minimum atomic E-state index is -4.00. The first-order valence-corrected chi connectivity index (χ1v) is 14.2. The fourth-order valence-corrected chi connectivity index (χ4v) is 5.08. The number of sulfonamides is 2. The van der Waals surface area contributed by atoms with Gasteiger partial charge in [-0.25, -0.2) is 17.7 Å². The molecule has 0 bridgehead atoms. The molecule has 0 saturated heterocycles. The zero-order valence-corrected chi connectivity index (χ0v) is 21.9. The highest BCUT2D eigenvalue weighted by Gasteiger charge is 2.34. The third kappa shape index (κ3) is 6.12. The minimum Gasteiger partial charge on any atom is -0.488 e. The molecule has 0 fully saturated rings. The van der Waals surface area contributed by atoms with E-state index in [1.54, 1.807) is 14.0 Å². The number of benzene rings is 1. The first-order valence-electron chi connectivity index (χ1n) is 10.9. The van der Waals surface area contributed by atoms with E-state index in [1.165, 1.54) is 51.5 Å². The lowest BCUT2D eigenvalue weighted by molar-refractivity contribution is 0.0387. The summed E-state index contributed by atoms with van der Waals surface area (Å²) in [4.78, 5) is 18.8. The number of aliphatic hydroxyl groups is 1. The molecule has 0 saturated carbocycles. The lowest BCUT2D eigenvalue weighted by Crippen LogP contribution is -2.50. The number of rotatable bonds is 8. The number of aryl methyl sites for hydroxylation is 1. The second-order valence-electron chi connectivity index (χ2n) is 8.86. The van der Waals surface area contributed by atoms with Crippen LogP contribution in [0, 0.1) is 5.92 Å². The van der Waals surface area contributed by atoms with Crippen molar-refractivity contribution in [3.05, 3.63) is 36.3 Å². The molecule has 1 aromatic carbocycles. The van der Waals surface area contributed by atoms with Crippen molar-refractivity contribution in [2.75, 3.05) is 37.7 Å². The third-order valence-electron chi connectivity index (χ3n) is 5.88. The van der Waals surface area contributed by atoms with E-state index in [2.05, 4.69) is 9.71 Å². The molecule has 14 heteroatoms. The van der Waals surface area contributed by atoms with Crippen molar-refractivity contribution in [3.63, 3.8) is 0 Å². The van der Waals surface area contributed by atoms with Gasteiger partial charge in [0.15, 0.2) is 5.03 Å². The number of carbonyl (C=O) groups excluding carboxylic acids is 1. The minimum absolute atomic E-state index is 0.0447. The summed E-state index contributed by atoms with van der Waals surface area (Å²) in [7, 11) is -4.39. The monoisotopic (exact) mass is 529 g/mol. The number of aromatic nitrogens is 2. The smallest absolute Gasteiger partial charge is 0.280 e. The Morgan fingerprint density at radius 1 is 1.31 bits per heavy atom. The predicted molar refractivity (Wildman–Crippen MR) is 129 cm³/mol. The van der Waals surface area contributed by atoms with E-state index in [0.717, 1.165) is 6.26 Å². The van der Waals surface area contributed by atoms with Gasteiger partial charge in [0.1, 0.15) is 11.9 Å². The van der Waals surface area contributed by atoms with Crippen molar-refractivity contribution in [3.8, 4) is 5.75 Å². The number of aliphatic hydroxyl groups excluding tert-OH is 1. The molecule has 1 aliphatic heterocycles. The number of fused-ring (bicyclic) bond motifs is 1. The molecule has 2 N–H and O–H groups in total. The number of ether oxygens (including phenoxy) is 1. The fraction of sp³-hybridized carbons (Fsp3) is 0.524. The van der Waals surface area contributed by atoms with Crippen LogP contribution in [0.25, 0.3) is 0 Å². The van der Waals surface area contributed by atoms with Crippen LogP contribution in [0.4, 0.5) is 5.69 Å². The molecule has 2 heterocycles. The van der Waals surface area contributed by atoms with Gasteiger partial charge in [-0.05, 0) is 25.1 Å². The number of hydrogen-bond acceptors (Lipinski definition) is 8.